The average Bonchev–Trinajstić information content (AvgIpc) is 1.63. The SMILES string of the molecule is CC(=O)N[C@H]1[C@H]2OC[C@](COCCOCCOCCOCCn3cc(COCC(COCc4cn(CCOCCOCCOCCOC[C@@]56CO[C@@H](O5)[C@H](NC(C)=O)[C@@H](O)[C@H]6O)nn4)(COCc4cn(CCOCCOCCOCCOC[C@@]56CO[C@@H](O5)[C@H](NC(C)=O)[C@@H](O)[C@H]6O)nn4)NC(=O)CCCCCCC(=O)CCCCCC(=O)CC(CO)CO)nn3)(O2)[C@H](O)[C@@H]1O. The van der Waals surface area contributed by atoms with Crippen molar-refractivity contribution in [2.75, 3.05) is 211 Å². The predicted octanol–water partition coefficient (Wildman–Crippen LogP) is -5.06. The van der Waals surface area contributed by atoms with Crippen LogP contribution in [0.5, 0.6) is 0 Å². The van der Waals surface area contributed by atoms with Crippen molar-refractivity contribution in [3.8, 4) is 0 Å². The number of Topliss-reactive ketones (excluding diaryl/α,β-unsaturated/α-hetero) is 2. The summed E-state index contributed by atoms with van der Waals surface area (Å²) in [5, 5.41) is 120. The summed E-state index contributed by atoms with van der Waals surface area (Å²) in [5.41, 5.74) is -3.73. The highest BCUT2D eigenvalue weighted by molar-refractivity contribution is 5.79. The minimum absolute atomic E-state index is 0.0197. The quantitative estimate of drug-likeness (QED) is 0.0235. The molecule has 0 unspecified atom stereocenters. The molecule has 6 fully saturated rings. The second-order valence-electron chi connectivity index (χ2n) is 33.0. The minimum atomic E-state index is -1.35. The number of hydrogen-bond donors (Lipinski definition) is 12. The summed E-state index contributed by atoms with van der Waals surface area (Å²) in [7, 11) is 0. The standard InChI is InChI=1S/C82H137N13O35/c1-57(98)83-67-70(104)73(107)80(54-125-76(67)128-80)51-119-36-33-116-30-27-113-24-21-110-18-15-93-40-61(87-90-93)45-122-48-79(86-66(103)14-10-5-4-7-11-64(101)12-8-6-9-13-65(102)39-60(43-96)44-97,49-123-46-62-41-94(91-88-62)16-19-111-22-25-114-28-31-117-34-37-120-52-81-55-126-77(129-81)68(84-58(2)99)71(105)74(81)108)50-124-47-63-42-95(92-89-63)17-20-112-23-26-115-29-32-118-35-38-121-53-82-56-127-78(130-82)69(85-59(3)100)72(106)75(82)109/h40-42,60,67-78,96-97,104-109H,4-39,43-56H2,1-3H3,(H,83,98)(H,84,99)(H,85,100)(H,86,103)/t67-,68-,69-,70-,71-,72-,73-,74-,75-,76+,77+,78+,80+,81+,82+/m1/s1. The van der Waals surface area contributed by atoms with Crippen molar-refractivity contribution in [3.63, 3.8) is 0 Å². The van der Waals surface area contributed by atoms with E-state index in [1.165, 1.54) is 20.8 Å². The van der Waals surface area contributed by atoms with E-state index < -0.39 is 120 Å². The molecule has 6 saturated heterocycles. The lowest BCUT2D eigenvalue weighted by Crippen LogP contribution is -2.66. The van der Waals surface area contributed by atoms with E-state index in [0.29, 0.717) is 121 Å². The first-order valence-electron chi connectivity index (χ1n) is 44.6. The van der Waals surface area contributed by atoms with Crippen LogP contribution in [0.2, 0.25) is 0 Å². The molecule has 0 aliphatic carbocycles. The largest absolute Gasteiger partial charge is 0.396 e. The number of hydrogen-bond acceptors (Lipinski definition) is 41. The van der Waals surface area contributed by atoms with Gasteiger partial charge in [-0.05, 0) is 25.7 Å². The Hall–Kier alpha value is -6.52. The molecular formula is C82H137N13O35. The van der Waals surface area contributed by atoms with Crippen molar-refractivity contribution in [2.24, 2.45) is 5.92 Å². The van der Waals surface area contributed by atoms with Crippen LogP contribution < -0.4 is 21.3 Å². The topological polar surface area (TPSA) is 598 Å². The third-order valence-electron chi connectivity index (χ3n) is 22.1. The Morgan fingerprint density at radius 1 is 0.392 bits per heavy atom. The van der Waals surface area contributed by atoms with E-state index in [9.17, 15) is 69.6 Å². The molecule has 9 rings (SSSR count). The fraction of sp³-hybridized carbons (Fsp3) is 0.854. The van der Waals surface area contributed by atoms with Crippen molar-refractivity contribution >= 4 is 35.2 Å². The van der Waals surface area contributed by atoms with Crippen LogP contribution in [-0.2, 0) is 168 Å². The van der Waals surface area contributed by atoms with Gasteiger partial charge in [-0.25, -0.2) is 14.0 Å². The van der Waals surface area contributed by atoms with Crippen LogP contribution in [0.3, 0.4) is 0 Å². The number of ether oxygens (including phenoxy) is 21. The third kappa shape index (κ3) is 35.9. The second-order valence-corrected chi connectivity index (χ2v) is 33.0. The van der Waals surface area contributed by atoms with Crippen molar-refractivity contribution in [1.82, 2.24) is 66.2 Å². The van der Waals surface area contributed by atoms with Gasteiger partial charge in [-0.1, -0.05) is 34.9 Å². The zero-order valence-corrected chi connectivity index (χ0v) is 74.7. The molecule has 15 atom stereocenters. The molecule has 0 spiro atoms. The summed E-state index contributed by atoms with van der Waals surface area (Å²) in [6.45, 7) is 9.22. The first kappa shape index (κ1) is 107. The van der Waals surface area contributed by atoms with Gasteiger partial charge in [0.25, 0.3) is 0 Å². The third-order valence-corrected chi connectivity index (χ3v) is 22.1. The number of unbranched alkanes of at least 4 members (excludes halogenated alkanes) is 5. The smallest absolute Gasteiger partial charge is 0.220 e. The Labute approximate surface area is 754 Å². The fourth-order valence-corrected chi connectivity index (χ4v) is 15.1. The normalized spacial score (nSPS) is 25.2. The second kappa shape index (κ2) is 58.0. The maximum atomic E-state index is 14.3. The summed E-state index contributed by atoms with van der Waals surface area (Å²) in [5.74, 6) is -1.84. The number of carbonyl (C=O) groups is 6. The van der Waals surface area contributed by atoms with Gasteiger partial charge in [0.1, 0.15) is 106 Å². The van der Waals surface area contributed by atoms with Gasteiger partial charge in [-0.2, -0.15) is 0 Å². The molecule has 740 valence electrons. The van der Waals surface area contributed by atoms with Crippen LogP contribution in [0.25, 0.3) is 0 Å². The molecule has 6 aliphatic rings. The van der Waals surface area contributed by atoms with Crippen molar-refractivity contribution in [1.29, 1.82) is 0 Å². The Morgan fingerprint density at radius 2 is 0.669 bits per heavy atom. The maximum Gasteiger partial charge on any atom is 0.220 e. The highest BCUT2D eigenvalue weighted by Crippen LogP contribution is 2.40. The van der Waals surface area contributed by atoms with Gasteiger partial charge >= 0.3 is 0 Å². The summed E-state index contributed by atoms with van der Waals surface area (Å²) in [6, 6.07) is -2.75. The summed E-state index contributed by atoms with van der Waals surface area (Å²) in [6.07, 6.45) is 0.364. The minimum Gasteiger partial charge on any atom is -0.396 e. The zero-order chi connectivity index (χ0) is 92.8. The number of aliphatic hydroxyl groups excluding tert-OH is 8. The van der Waals surface area contributed by atoms with Crippen molar-refractivity contribution in [3.05, 3.63) is 35.7 Å². The number of carbonyl (C=O) groups excluding carboxylic acids is 6. The van der Waals surface area contributed by atoms with Crippen LogP contribution in [-0.4, -0.2) is 428 Å². The summed E-state index contributed by atoms with van der Waals surface area (Å²) < 4.78 is 127. The van der Waals surface area contributed by atoms with E-state index in [2.05, 4.69) is 52.2 Å². The van der Waals surface area contributed by atoms with Gasteiger partial charge in [-0.15, -0.1) is 15.3 Å². The van der Waals surface area contributed by atoms with Crippen LogP contribution in [0.4, 0.5) is 0 Å². The van der Waals surface area contributed by atoms with Gasteiger partial charge in [-0.3, -0.25) is 28.8 Å². The number of aliphatic hydroxyl groups is 8. The van der Waals surface area contributed by atoms with Gasteiger partial charge in [0.15, 0.2) is 18.9 Å². The summed E-state index contributed by atoms with van der Waals surface area (Å²) >= 11 is 0. The van der Waals surface area contributed by atoms with Crippen LogP contribution in [0, 0.1) is 5.92 Å². The molecule has 6 aliphatic heterocycles. The van der Waals surface area contributed by atoms with Gasteiger partial charge < -0.3 is 162 Å². The summed E-state index contributed by atoms with van der Waals surface area (Å²) in [4.78, 5) is 74.1. The molecule has 12 N–H and O–H groups in total. The Bertz CT molecular complexity index is 3420. The first-order valence-corrected chi connectivity index (χ1v) is 44.6. The average molecular weight is 1870 g/mol. The molecule has 3 aromatic heterocycles. The van der Waals surface area contributed by atoms with E-state index >= 15 is 0 Å². The molecule has 9 heterocycles. The lowest BCUT2D eigenvalue weighted by Gasteiger charge is -2.42. The number of nitrogens with one attached hydrogen (secondary N) is 4. The highest BCUT2D eigenvalue weighted by atomic mass is 16.8. The highest BCUT2D eigenvalue weighted by Gasteiger charge is 2.62. The number of aromatic nitrogens is 9. The van der Waals surface area contributed by atoms with Gasteiger partial charge in [0.05, 0.1) is 256 Å². The first-order chi connectivity index (χ1) is 63.0. The van der Waals surface area contributed by atoms with Gasteiger partial charge in [0.2, 0.25) is 23.6 Å². The monoisotopic (exact) mass is 1860 g/mol. The number of amides is 4. The lowest BCUT2D eigenvalue weighted by atomic mass is 9.88. The molecule has 48 nitrogen and oxygen atoms in total. The molecule has 0 radical (unpaired) electrons. The number of fused-ring (bicyclic) bond motifs is 6. The Kier molecular flexibility index (Phi) is 47.8. The van der Waals surface area contributed by atoms with E-state index in [-0.39, 0.29) is 242 Å². The molecule has 130 heavy (non-hydrogen) atoms. The van der Waals surface area contributed by atoms with Crippen LogP contribution in [0.1, 0.15) is 115 Å². The lowest BCUT2D eigenvalue weighted by molar-refractivity contribution is -0.238. The fourth-order valence-electron chi connectivity index (χ4n) is 15.1. The van der Waals surface area contributed by atoms with E-state index in [0.717, 1.165) is 0 Å². The van der Waals surface area contributed by atoms with Gasteiger partial charge in [0, 0.05) is 72.0 Å². The molecular weight excluding hydrogens is 1730 g/mol. The molecule has 4 amide bonds. The zero-order valence-electron chi connectivity index (χ0n) is 74.7. The van der Waals surface area contributed by atoms with Crippen LogP contribution >= 0.6 is 0 Å². The van der Waals surface area contributed by atoms with Crippen molar-refractivity contribution in [2.45, 2.75) is 233 Å². The van der Waals surface area contributed by atoms with E-state index in [1.807, 2.05) is 0 Å². The maximum absolute atomic E-state index is 14.3. The number of ketones is 2. The number of nitrogens with zero attached hydrogens (tertiary/aromatic N) is 9. The predicted molar refractivity (Wildman–Crippen MR) is 442 cm³/mol. The molecule has 0 aromatic carbocycles. The number of rotatable bonds is 75. The van der Waals surface area contributed by atoms with Crippen molar-refractivity contribution < 1.29 is 169 Å². The van der Waals surface area contributed by atoms with Crippen LogP contribution in [0.15, 0.2) is 18.6 Å². The Balaban J connectivity index is 0.708. The molecule has 48 heteroatoms. The molecule has 3 aromatic rings. The molecule has 0 saturated carbocycles. The molecule has 6 bridgehead atoms. The Morgan fingerprint density at radius 3 is 0.969 bits per heavy atom. The van der Waals surface area contributed by atoms with E-state index in [1.54, 1.807) is 32.6 Å². The van der Waals surface area contributed by atoms with E-state index in [4.69, 9.17) is 99.5 Å².